The van der Waals surface area contributed by atoms with Gasteiger partial charge in [0.25, 0.3) is 0 Å². The van der Waals surface area contributed by atoms with Gasteiger partial charge in [-0.05, 0) is 59.9 Å². The molecule has 184 valence electrons. The third kappa shape index (κ3) is 6.72. The number of anilines is 1. The van der Waals surface area contributed by atoms with Crippen molar-refractivity contribution in [1.29, 1.82) is 0 Å². The van der Waals surface area contributed by atoms with Crippen molar-refractivity contribution in [1.82, 2.24) is 15.0 Å². The first-order chi connectivity index (χ1) is 17.5. The fourth-order valence-electron chi connectivity index (χ4n) is 3.65. The molecule has 2 aromatic carbocycles. The average Bonchev–Trinajstić information content (AvgIpc) is 2.89. The molecule has 4 nitrogen and oxygen atoms in total. The van der Waals surface area contributed by atoms with Gasteiger partial charge in [-0.25, -0.2) is 14.4 Å². The zero-order valence-electron chi connectivity index (χ0n) is 21.4. The highest BCUT2D eigenvalue weighted by molar-refractivity contribution is 5.73. The number of rotatable bonds is 7. The Morgan fingerprint density at radius 3 is 2.28 bits per heavy atom. The first kappa shape index (κ1) is 26.5. The fourth-order valence-corrected chi connectivity index (χ4v) is 3.65. The summed E-state index contributed by atoms with van der Waals surface area (Å²) in [5.41, 5.74) is 7.10. The van der Waals surface area contributed by atoms with Crippen molar-refractivity contribution in [2.45, 2.75) is 40.7 Å². The third-order valence-electron chi connectivity index (χ3n) is 5.36. The maximum absolute atomic E-state index is 15.2. The molecule has 0 aliphatic carbocycles. The van der Waals surface area contributed by atoms with Gasteiger partial charge in [0, 0.05) is 24.0 Å². The van der Waals surface area contributed by atoms with E-state index < -0.39 is 5.82 Å². The molecule has 0 saturated heterocycles. The Hall–Kier alpha value is -4.12. The Morgan fingerprint density at radius 1 is 0.889 bits per heavy atom. The molecule has 0 aliphatic heterocycles. The van der Waals surface area contributed by atoms with E-state index in [1.54, 1.807) is 6.08 Å². The van der Waals surface area contributed by atoms with Crippen LogP contribution in [0.25, 0.3) is 34.5 Å². The van der Waals surface area contributed by atoms with Crippen molar-refractivity contribution in [3.8, 4) is 22.4 Å². The van der Waals surface area contributed by atoms with Gasteiger partial charge in [-0.3, -0.25) is 4.98 Å². The first-order valence-corrected chi connectivity index (χ1v) is 12.2. The van der Waals surface area contributed by atoms with Crippen LogP contribution >= 0.6 is 0 Å². The van der Waals surface area contributed by atoms with Crippen LogP contribution < -0.4 is 5.32 Å². The normalized spacial score (nSPS) is 10.6. The molecule has 0 saturated carbocycles. The summed E-state index contributed by atoms with van der Waals surface area (Å²) < 4.78 is 15.2. The van der Waals surface area contributed by atoms with Crippen molar-refractivity contribution >= 4 is 18.0 Å². The molecule has 0 atom stereocenters. The monoisotopic (exact) mass is 480 g/mol. The van der Waals surface area contributed by atoms with Crippen molar-refractivity contribution in [3.63, 3.8) is 0 Å². The van der Waals surface area contributed by atoms with Crippen LogP contribution in [0.4, 0.5) is 10.2 Å². The lowest BCUT2D eigenvalue weighted by molar-refractivity contribution is 0.621. The maximum atomic E-state index is 15.2. The Kier molecular flexibility index (Phi) is 9.64. The Balaban J connectivity index is 0.00000115. The smallest absolute Gasteiger partial charge is 0.191 e. The number of halogens is 1. The zero-order valence-corrected chi connectivity index (χ0v) is 21.4. The molecule has 0 unspecified atom stereocenters. The number of pyridine rings is 1. The van der Waals surface area contributed by atoms with Crippen molar-refractivity contribution in [2.24, 2.45) is 0 Å². The van der Waals surface area contributed by atoms with E-state index >= 15 is 4.39 Å². The highest BCUT2D eigenvalue weighted by atomic mass is 19.1. The van der Waals surface area contributed by atoms with Crippen LogP contribution in [-0.4, -0.2) is 15.0 Å². The van der Waals surface area contributed by atoms with Crippen molar-refractivity contribution < 1.29 is 4.39 Å². The second-order valence-electron chi connectivity index (χ2n) is 8.38. The summed E-state index contributed by atoms with van der Waals surface area (Å²) in [6, 6.07) is 17.9. The van der Waals surface area contributed by atoms with E-state index in [1.165, 1.54) is 12.7 Å². The van der Waals surface area contributed by atoms with Crippen molar-refractivity contribution in [3.05, 3.63) is 108 Å². The maximum Gasteiger partial charge on any atom is 0.191 e. The molecule has 1 N–H and O–H groups in total. The van der Waals surface area contributed by atoms with E-state index in [9.17, 15) is 0 Å². The van der Waals surface area contributed by atoms with Gasteiger partial charge >= 0.3 is 0 Å². The zero-order chi connectivity index (χ0) is 25.9. The second-order valence-corrected chi connectivity index (χ2v) is 8.38. The highest BCUT2D eigenvalue weighted by Crippen LogP contribution is 2.27. The van der Waals surface area contributed by atoms with Crippen LogP contribution in [0.2, 0.25) is 0 Å². The van der Waals surface area contributed by atoms with Crippen LogP contribution in [0.15, 0.2) is 79.8 Å². The lowest BCUT2D eigenvalue weighted by atomic mass is 10.0. The molecular weight excluding hydrogens is 447 g/mol. The minimum atomic E-state index is -0.477. The van der Waals surface area contributed by atoms with Gasteiger partial charge in [0.05, 0.1) is 0 Å². The Bertz CT molecular complexity index is 1330. The molecule has 0 fully saturated rings. The molecule has 36 heavy (non-hydrogen) atoms. The van der Waals surface area contributed by atoms with Crippen LogP contribution in [-0.2, 0) is 6.54 Å². The Labute approximate surface area is 213 Å². The third-order valence-corrected chi connectivity index (χ3v) is 5.36. The van der Waals surface area contributed by atoms with E-state index in [0.29, 0.717) is 12.1 Å². The van der Waals surface area contributed by atoms with E-state index in [1.807, 2.05) is 74.7 Å². The van der Waals surface area contributed by atoms with Gasteiger partial charge in [0.2, 0.25) is 0 Å². The predicted molar refractivity (Wildman–Crippen MR) is 150 cm³/mol. The van der Waals surface area contributed by atoms with E-state index in [0.717, 1.165) is 33.5 Å². The fraction of sp³-hybridized carbons (Fsp3) is 0.194. The Morgan fingerprint density at radius 2 is 1.61 bits per heavy atom. The number of hydrogen-bond acceptors (Lipinski definition) is 4. The number of nitrogens with one attached hydrogen (secondary N) is 1. The largest absolute Gasteiger partial charge is 0.363 e. The highest BCUT2D eigenvalue weighted by Gasteiger charge is 2.14. The summed E-state index contributed by atoms with van der Waals surface area (Å²) in [5.74, 6) is -0.304. The molecule has 0 aliphatic rings. The molecule has 4 aromatic rings. The van der Waals surface area contributed by atoms with Gasteiger partial charge in [0.15, 0.2) is 11.6 Å². The summed E-state index contributed by atoms with van der Waals surface area (Å²) in [7, 11) is 0. The summed E-state index contributed by atoms with van der Waals surface area (Å²) in [4.78, 5) is 12.5. The van der Waals surface area contributed by atoms with E-state index in [4.69, 9.17) is 0 Å². The first-order valence-electron chi connectivity index (χ1n) is 12.2. The molecule has 0 bridgehead atoms. The molecule has 5 heteroatoms. The predicted octanol–water partition coefficient (Wildman–Crippen LogP) is 8.36. The lowest BCUT2D eigenvalue weighted by Gasteiger charge is -2.11. The standard InChI is InChI=1S/C28H25FN4.C3H8/c1-4-6-22-11-12-25(16-21(22)5-2)27-26(29)28(33-18-32-27)31-17-20-7-9-23(10-8-20)24-13-14-30-19(3)15-24;1-3-2/h4-16,18H,2,17H2,1,3H3,(H,31,32,33);3H2,1-2H3/b6-4-;. The topological polar surface area (TPSA) is 50.7 Å². The number of aryl methyl sites for hydroxylation is 1. The second kappa shape index (κ2) is 13.1. The number of hydrogen-bond donors (Lipinski definition) is 1. The van der Waals surface area contributed by atoms with Crippen LogP contribution in [0, 0.1) is 12.7 Å². The molecular formula is C31H33FN4. The van der Waals surface area contributed by atoms with Crippen LogP contribution in [0.3, 0.4) is 0 Å². The van der Waals surface area contributed by atoms with Gasteiger partial charge in [-0.2, -0.15) is 0 Å². The number of benzene rings is 2. The summed E-state index contributed by atoms with van der Waals surface area (Å²) >= 11 is 0. The van der Waals surface area contributed by atoms with Crippen molar-refractivity contribution in [2.75, 3.05) is 5.32 Å². The minimum absolute atomic E-state index is 0.173. The SMILES string of the molecule is C=Cc1cc(-c2ncnc(NCc3ccc(-c4ccnc(C)c4)cc3)c2F)ccc1/C=C\C.CCC. The van der Waals surface area contributed by atoms with Crippen LogP contribution in [0.1, 0.15) is 49.6 Å². The lowest BCUT2D eigenvalue weighted by Crippen LogP contribution is -2.06. The van der Waals surface area contributed by atoms with E-state index in [-0.39, 0.29) is 11.5 Å². The number of allylic oxidation sites excluding steroid dienone is 1. The minimum Gasteiger partial charge on any atom is -0.363 e. The van der Waals surface area contributed by atoms with Gasteiger partial charge in [-0.15, -0.1) is 0 Å². The van der Waals surface area contributed by atoms with Gasteiger partial charge in [-0.1, -0.05) is 81.5 Å². The van der Waals surface area contributed by atoms with Crippen LogP contribution in [0.5, 0.6) is 0 Å². The van der Waals surface area contributed by atoms with E-state index in [2.05, 4.69) is 52.8 Å². The molecule has 0 radical (unpaired) electrons. The molecule has 2 aromatic heterocycles. The van der Waals surface area contributed by atoms with Gasteiger partial charge in [0.1, 0.15) is 12.0 Å². The molecule has 0 amide bonds. The summed E-state index contributed by atoms with van der Waals surface area (Å²) in [6.07, 6.45) is 10.1. The van der Waals surface area contributed by atoms with Gasteiger partial charge < -0.3 is 5.32 Å². The molecule has 2 heterocycles. The quantitative estimate of drug-likeness (QED) is 0.289. The number of aromatic nitrogens is 3. The summed E-state index contributed by atoms with van der Waals surface area (Å²) in [6.45, 7) is 12.5. The molecule has 4 rings (SSSR count). The summed E-state index contributed by atoms with van der Waals surface area (Å²) in [5, 5.41) is 3.10. The number of nitrogens with zero attached hydrogens (tertiary/aromatic N) is 3. The average molecular weight is 481 g/mol. The molecule has 0 spiro atoms.